The molecular formula is C21H33F2IN4O3. The van der Waals surface area contributed by atoms with Crippen molar-refractivity contribution in [2.45, 2.75) is 52.4 Å². The Balaban J connectivity index is 0.00000480. The van der Waals surface area contributed by atoms with Gasteiger partial charge in [0.1, 0.15) is 11.4 Å². The second kappa shape index (κ2) is 12.9. The van der Waals surface area contributed by atoms with Crippen LogP contribution in [0.1, 0.15) is 39.2 Å². The van der Waals surface area contributed by atoms with Gasteiger partial charge in [-0.2, -0.15) is 8.78 Å². The molecule has 7 nitrogen and oxygen atoms in total. The van der Waals surface area contributed by atoms with Gasteiger partial charge in [-0.1, -0.05) is 18.2 Å². The molecule has 1 fully saturated rings. The summed E-state index contributed by atoms with van der Waals surface area (Å²) in [6, 6.07) is 6.64. The number of carbonyl (C=O) groups is 1. The van der Waals surface area contributed by atoms with Crippen LogP contribution in [-0.4, -0.2) is 55.8 Å². The summed E-state index contributed by atoms with van der Waals surface area (Å²) in [5, 5.41) is 6.36. The number of aliphatic imine (C=N–C) groups is 1. The van der Waals surface area contributed by atoms with E-state index < -0.39 is 12.2 Å². The number of piperidine rings is 1. The van der Waals surface area contributed by atoms with Crippen LogP contribution in [-0.2, 0) is 11.3 Å². The first-order chi connectivity index (χ1) is 14.2. The molecule has 176 valence electrons. The van der Waals surface area contributed by atoms with E-state index in [1.54, 1.807) is 30.1 Å². The lowest BCUT2D eigenvalue weighted by molar-refractivity contribution is -0.0504. The molecule has 0 radical (unpaired) electrons. The summed E-state index contributed by atoms with van der Waals surface area (Å²) in [7, 11) is 1.64. The third-order valence-electron chi connectivity index (χ3n) is 4.59. The van der Waals surface area contributed by atoms with Gasteiger partial charge in [-0.3, -0.25) is 4.99 Å². The van der Waals surface area contributed by atoms with Gasteiger partial charge in [-0.05, 0) is 45.6 Å². The Morgan fingerprint density at radius 1 is 1.29 bits per heavy atom. The van der Waals surface area contributed by atoms with Gasteiger partial charge in [-0.15, -0.1) is 24.0 Å². The minimum absolute atomic E-state index is 0. The average Bonchev–Trinajstić information content (AvgIpc) is 2.67. The zero-order valence-electron chi connectivity index (χ0n) is 18.5. The summed E-state index contributed by atoms with van der Waals surface area (Å²) in [5.74, 6) is 0.950. The van der Waals surface area contributed by atoms with Gasteiger partial charge in [0.05, 0.1) is 0 Å². The molecule has 1 atom stereocenters. The van der Waals surface area contributed by atoms with Gasteiger partial charge in [0.25, 0.3) is 0 Å². The fraction of sp³-hybridized carbons (Fsp3) is 0.619. The number of benzene rings is 1. The van der Waals surface area contributed by atoms with E-state index in [1.807, 2.05) is 20.8 Å². The number of guanidine groups is 1. The van der Waals surface area contributed by atoms with E-state index in [0.29, 0.717) is 31.2 Å². The number of halogens is 3. The third kappa shape index (κ3) is 9.88. The molecule has 1 unspecified atom stereocenters. The lowest BCUT2D eigenvalue weighted by atomic mass is 9.98. The number of alkyl halides is 2. The molecule has 0 spiro atoms. The van der Waals surface area contributed by atoms with Gasteiger partial charge in [-0.25, -0.2) is 4.79 Å². The first-order valence-corrected chi connectivity index (χ1v) is 10.1. The summed E-state index contributed by atoms with van der Waals surface area (Å²) in [6.07, 6.45) is 1.62. The number of para-hydroxylation sites is 1. The molecule has 1 saturated heterocycles. The fourth-order valence-corrected chi connectivity index (χ4v) is 3.23. The zero-order valence-corrected chi connectivity index (χ0v) is 20.8. The van der Waals surface area contributed by atoms with Crippen molar-refractivity contribution in [2.75, 3.05) is 26.7 Å². The van der Waals surface area contributed by atoms with Crippen molar-refractivity contribution in [1.29, 1.82) is 0 Å². The van der Waals surface area contributed by atoms with E-state index in [-0.39, 0.29) is 48.3 Å². The van der Waals surface area contributed by atoms with Crippen molar-refractivity contribution in [3.05, 3.63) is 29.8 Å². The molecule has 1 aliphatic heterocycles. The van der Waals surface area contributed by atoms with Crippen LogP contribution in [0.25, 0.3) is 0 Å². The van der Waals surface area contributed by atoms with Crippen LogP contribution in [0, 0.1) is 5.92 Å². The van der Waals surface area contributed by atoms with Crippen molar-refractivity contribution in [1.82, 2.24) is 15.5 Å². The molecule has 31 heavy (non-hydrogen) atoms. The van der Waals surface area contributed by atoms with Crippen LogP contribution in [0.15, 0.2) is 29.3 Å². The molecule has 1 aromatic carbocycles. The van der Waals surface area contributed by atoms with Crippen molar-refractivity contribution in [3.8, 4) is 5.75 Å². The van der Waals surface area contributed by atoms with Gasteiger partial charge in [0.2, 0.25) is 0 Å². The van der Waals surface area contributed by atoms with Crippen LogP contribution < -0.4 is 15.4 Å². The number of carbonyl (C=O) groups excluding carboxylic acids is 1. The lowest BCUT2D eigenvalue weighted by Gasteiger charge is -2.34. The number of nitrogens with zero attached hydrogens (tertiary/aromatic N) is 2. The quantitative estimate of drug-likeness (QED) is 0.313. The van der Waals surface area contributed by atoms with Crippen LogP contribution >= 0.6 is 24.0 Å². The van der Waals surface area contributed by atoms with E-state index in [4.69, 9.17) is 4.74 Å². The van der Waals surface area contributed by atoms with Crippen LogP contribution in [0.3, 0.4) is 0 Å². The van der Waals surface area contributed by atoms with E-state index in [0.717, 1.165) is 12.8 Å². The Kier molecular flexibility index (Phi) is 11.3. The average molecular weight is 554 g/mol. The first kappa shape index (κ1) is 27.2. The summed E-state index contributed by atoms with van der Waals surface area (Å²) in [6.45, 7) is 4.92. The minimum atomic E-state index is -2.87. The molecule has 0 aromatic heterocycles. The highest BCUT2D eigenvalue weighted by Crippen LogP contribution is 2.20. The SMILES string of the molecule is CN=C(NCc1ccccc1OC(F)F)NCC1CCCN(C(=O)OC(C)(C)C)C1.I. The Morgan fingerprint density at radius 3 is 2.65 bits per heavy atom. The maximum Gasteiger partial charge on any atom is 0.410 e. The highest BCUT2D eigenvalue weighted by Gasteiger charge is 2.27. The second-order valence-corrected chi connectivity index (χ2v) is 8.23. The molecule has 1 amide bonds. The van der Waals surface area contributed by atoms with Gasteiger partial charge in [0, 0.05) is 38.8 Å². The largest absolute Gasteiger partial charge is 0.444 e. The minimum Gasteiger partial charge on any atom is -0.444 e. The van der Waals surface area contributed by atoms with Crippen LogP contribution in [0.4, 0.5) is 13.6 Å². The molecular weight excluding hydrogens is 521 g/mol. The Hall–Kier alpha value is -1.85. The predicted octanol–water partition coefficient (Wildman–Crippen LogP) is 4.22. The fourth-order valence-electron chi connectivity index (χ4n) is 3.23. The number of hydrogen-bond donors (Lipinski definition) is 2. The van der Waals surface area contributed by atoms with Crippen molar-refractivity contribution in [3.63, 3.8) is 0 Å². The molecule has 10 heteroatoms. The summed E-state index contributed by atoms with van der Waals surface area (Å²) >= 11 is 0. The summed E-state index contributed by atoms with van der Waals surface area (Å²) in [4.78, 5) is 18.2. The van der Waals surface area contributed by atoms with E-state index in [1.165, 1.54) is 6.07 Å². The van der Waals surface area contributed by atoms with Gasteiger partial charge < -0.3 is 25.0 Å². The smallest absolute Gasteiger partial charge is 0.410 e. The first-order valence-electron chi connectivity index (χ1n) is 10.1. The summed E-state index contributed by atoms with van der Waals surface area (Å²) < 4.78 is 35.1. The lowest BCUT2D eigenvalue weighted by Crippen LogP contribution is -2.47. The Morgan fingerprint density at radius 2 is 2.00 bits per heavy atom. The zero-order chi connectivity index (χ0) is 22.1. The van der Waals surface area contributed by atoms with E-state index in [9.17, 15) is 13.6 Å². The number of amides is 1. The molecule has 0 saturated carbocycles. The van der Waals surface area contributed by atoms with Gasteiger partial charge in [0.15, 0.2) is 5.96 Å². The maximum atomic E-state index is 12.6. The number of rotatable bonds is 6. The standard InChI is InChI=1S/C21H32F2N4O3.HI/c1-21(2,3)30-20(28)27-11-7-8-15(14-27)12-25-19(24-4)26-13-16-9-5-6-10-17(16)29-18(22)23;/h5-6,9-10,15,18H,7-8,11-14H2,1-4H3,(H2,24,25,26);1H. The Labute approximate surface area is 200 Å². The van der Waals surface area contributed by atoms with E-state index >= 15 is 0 Å². The summed E-state index contributed by atoms with van der Waals surface area (Å²) in [5.41, 5.74) is 0.0907. The molecule has 0 aliphatic carbocycles. The number of ether oxygens (including phenoxy) is 2. The highest BCUT2D eigenvalue weighted by molar-refractivity contribution is 14.0. The number of nitrogens with one attached hydrogen (secondary N) is 2. The normalized spacial score (nSPS) is 17.1. The second-order valence-electron chi connectivity index (χ2n) is 8.23. The van der Waals surface area contributed by atoms with Crippen LogP contribution in [0.2, 0.25) is 0 Å². The molecule has 1 heterocycles. The Bertz CT molecular complexity index is 729. The highest BCUT2D eigenvalue weighted by atomic mass is 127. The molecule has 2 N–H and O–H groups in total. The van der Waals surface area contributed by atoms with Crippen molar-refractivity contribution < 1.29 is 23.0 Å². The topological polar surface area (TPSA) is 75.2 Å². The number of likely N-dealkylation sites (tertiary alicyclic amines) is 1. The molecule has 1 aromatic rings. The monoisotopic (exact) mass is 554 g/mol. The molecule has 1 aliphatic rings. The van der Waals surface area contributed by atoms with E-state index in [2.05, 4.69) is 20.4 Å². The van der Waals surface area contributed by atoms with Crippen molar-refractivity contribution in [2.24, 2.45) is 10.9 Å². The number of hydrogen-bond acceptors (Lipinski definition) is 4. The maximum absolute atomic E-state index is 12.6. The third-order valence-corrected chi connectivity index (χ3v) is 4.59. The predicted molar refractivity (Wildman–Crippen MR) is 127 cm³/mol. The van der Waals surface area contributed by atoms with Crippen molar-refractivity contribution >= 4 is 36.0 Å². The molecule has 2 rings (SSSR count). The molecule has 0 bridgehead atoms. The van der Waals surface area contributed by atoms with Gasteiger partial charge >= 0.3 is 12.7 Å². The van der Waals surface area contributed by atoms with Crippen LogP contribution in [0.5, 0.6) is 5.75 Å².